The fraction of sp³-hybridized carbons (Fsp3) is 0.0769. The number of nitrogens with zero attached hydrogens (tertiary/aromatic N) is 3. The van der Waals surface area contributed by atoms with Gasteiger partial charge in [0, 0.05) is 6.20 Å². The molecule has 1 aromatic carbocycles. The number of fused-ring (bicyclic) bond motifs is 1. The molecule has 5 nitrogen and oxygen atoms in total. The van der Waals surface area contributed by atoms with Crippen molar-refractivity contribution in [2.24, 2.45) is 5.18 Å². The molecule has 0 atom stereocenters. The SMILES string of the molecule is O=NCc1ccc2nc(-c3ccccn3)[nH]c2c1. The van der Waals surface area contributed by atoms with Crippen LogP contribution in [-0.4, -0.2) is 15.0 Å². The van der Waals surface area contributed by atoms with Crippen molar-refractivity contribution in [1.82, 2.24) is 15.0 Å². The van der Waals surface area contributed by atoms with E-state index in [0.29, 0.717) is 0 Å². The molecule has 2 aromatic heterocycles. The van der Waals surface area contributed by atoms with Gasteiger partial charge in [-0.1, -0.05) is 17.3 Å². The van der Waals surface area contributed by atoms with Crippen LogP contribution in [0.4, 0.5) is 0 Å². The maximum absolute atomic E-state index is 10.3. The summed E-state index contributed by atoms with van der Waals surface area (Å²) in [6.45, 7) is 0.174. The topological polar surface area (TPSA) is 71.0 Å². The maximum Gasteiger partial charge on any atom is 0.157 e. The van der Waals surface area contributed by atoms with E-state index in [2.05, 4.69) is 20.1 Å². The van der Waals surface area contributed by atoms with Crippen LogP contribution in [-0.2, 0) is 6.54 Å². The zero-order valence-electron chi connectivity index (χ0n) is 9.50. The fourth-order valence-corrected chi connectivity index (χ4v) is 1.85. The number of aromatic amines is 1. The Morgan fingerprint density at radius 3 is 2.94 bits per heavy atom. The first kappa shape index (κ1) is 10.6. The van der Waals surface area contributed by atoms with Crippen LogP contribution in [0.5, 0.6) is 0 Å². The number of pyridine rings is 1. The zero-order chi connectivity index (χ0) is 12.4. The Labute approximate surface area is 103 Å². The number of hydrogen-bond acceptors (Lipinski definition) is 4. The summed E-state index contributed by atoms with van der Waals surface area (Å²) in [6.07, 6.45) is 1.73. The lowest BCUT2D eigenvalue weighted by atomic mass is 10.2. The molecule has 1 N–H and O–H groups in total. The molecule has 0 aliphatic rings. The highest BCUT2D eigenvalue weighted by Crippen LogP contribution is 2.19. The highest BCUT2D eigenvalue weighted by molar-refractivity contribution is 5.79. The number of H-pyrrole nitrogens is 1. The summed E-state index contributed by atoms with van der Waals surface area (Å²) in [7, 11) is 0. The minimum Gasteiger partial charge on any atom is -0.337 e. The summed E-state index contributed by atoms with van der Waals surface area (Å²) in [4.78, 5) is 22.1. The van der Waals surface area contributed by atoms with Crippen LogP contribution < -0.4 is 0 Å². The van der Waals surface area contributed by atoms with Gasteiger partial charge < -0.3 is 4.98 Å². The lowest BCUT2D eigenvalue weighted by molar-refractivity contribution is 1.06. The summed E-state index contributed by atoms with van der Waals surface area (Å²) in [5, 5.41) is 2.88. The zero-order valence-corrected chi connectivity index (χ0v) is 9.50. The first-order valence-electron chi connectivity index (χ1n) is 5.56. The summed E-state index contributed by atoms with van der Waals surface area (Å²) < 4.78 is 0. The predicted octanol–water partition coefficient (Wildman–Crippen LogP) is 2.89. The van der Waals surface area contributed by atoms with E-state index in [1.54, 1.807) is 6.20 Å². The van der Waals surface area contributed by atoms with Gasteiger partial charge in [-0.25, -0.2) is 4.98 Å². The third-order valence-corrected chi connectivity index (χ3v) is 2.70. The number of aromatic nitrogens is 3. The Morgan fingerprint density at radius 1 is 1.22 bits per heavy atom. The molecule has 0 aliphatic carbocycles. The Hall–Kier alpha value is -2.56. The Balaban J connectivity index is 2.08. The average Bonchev–Trinajstić information content (AvgIpc) is 2.83. The van der Waals surface area contributed by atoms with Crippen LogP contribution in [0.2, 0.25) is 0 Å². The molecule has 3 rings (SSSR count). The van der Waals surface area contributed by atoms with Crippen molar-refractivity contribution in [2.45, 2.75) is 6.54 Å². The van der Waals surface area contributed by atoms with Gasteiger partial charge in [-0.2, -0.15) is 4.91 Å². The first-order valence-corrected chi connectivity index (χ1v) is 5.56. The van der Waals surface area contributed by atoms with Crippen LogP contribution in [0, 0.1) is 4.91 Å². The van der Waals surface area contributed by atoms with E-state index < -0.39 is 0 Å². The molecule has 5 heteroatoms. The average molecular weight is 238 g/mol. The maximum atomic E-state index is 10.3. The van der Waals surface area contributed by atoms with E-state index in [4.69, 9.17) is 0 Å². The lowest BCUT2D eigenvalue weighted by Gasteiger charge is -1.93. The number of hydrogen-bond donors (Lipinski definition) is 1. The number of nitrogens with one attached hydrogen (secondary N) is 1. The predicted molar refractivity (Wildman–Crippen MR) is 68.8 cm³/mol. The van der Waals surface area contributed by atoms with Crippen molar-refractivity contribution in [1.29, 1.82) is 0 Å². The molecule has 0 bridgehead atoms. The van der Waals surface area contributed by atoms with Gasteiger partial charge in [-0.05, 0) is 29.8 Å². The minimum atomic E-state index is 0.174. The van der Waals surface area contributed by atoms with Gasteiger partial charge in [0.25, 0.3) is 0 Å². The largest absolute Gasteiger partial charge is 0.337 e. The molecule has 0 fully saturated rings. The van der Waals surface area contributed by atoms with E-state index >= 15 is 0 Å². The van der Waals surface area contributed by atoms with E-state index in [1.165, 1.54) is 0 Å². The molecule has 0 amide bonds. The van der Waals surface area contributed by atoms with E-state index in [1.807, 2.05) is 36.4 Å². The Kier molecular flexibility index (Phi) is 2.57. The minimum absolute atomic E-state index is 0.174. The molecule has 0 unspecified atom stereocenters. The smallest absolute Gasteiger partial charge is 0.157 e. The molecule has 18 heavy (non-hydrogen) atoms. The standard InChI is InChI=1S/C13H10N4O/c18-15-8-9-4-5-10-12(7-9)17-13(16-10)11-3-1-2-6-14-11/h1-7H,8H2,(H,16,17). The molecule has 0 aliphatic heterocycles. The third kappa shape index (κ3) is 1.86. The van der Waals surface area contributed by atoms with Gasteiger partial charge >= 0.3 is 0 Å². The number of rotatable bonds is 3. The highest BCUT2D eigenvalue weighted by atomic mass is 16.3. The van der Waals surface area contributed by atoms with Crippen LogP contribution >= 0.6 is 0 Å². The van der Waals surface area contributed by atoms with E-state index in [-0.39, 0.29) is 6.54 Å². The number of imidazole rings is 1. The molecular weight excluding hydrogens is 228 g/mol. The van der Waals surface area contributed by atoms with Gasteiger partial charge in [0.1, 0.15) is 12.2 Å². The molecule has 88 valence electrons. The summed E-state index contributed by atoms with van der Waals surface area (Å²) >= 11 is 0. The van der Waals surface area contributed by atoms with Gasteiger partial charge in [-0.15, -0.1) is 0 Å². The second-order valence-corrected chi connectivity index (χ2v) is 3.94. The number of nitroso groups, excluding NO2 is 1. The van der Waals surface area contributed by atoms with Crippen molar-refractivity contribution in [3.63, 3.8) is 0 Å². The summed E-state index contributed by atoms with van der Waals surface area (Å²) in [6, 6.07) is 11.3. The molecule has 0 spiro atoms. The molecular formula is C13H10N4O. The quantitative estimate of drug-likeness (QED) is 0.713. The summed E-state index contributed by atoms with van der Waals surface area (Å²) in [5.74, 6) is 0.724. The number of benzene rings is 1. The van der Waals surface area contributed by atoms with Crippen molar-refractivity contribution in [3.05, 3.63) is 53.1 Å². The van der Waals surface area contributed by atoms with Crippen LogP contribution in [0.3, 0.4) is 0 Å². The van der Waals surface area contributed by atoms with E-state index in [0.717, 1.165) is 28.1 Å². The molecule has 2 heterocycles. The Bertz CT molecular complexity index is 691. The second kappa shape index (κ2) is 4.37. The normalized spacial score (nSPS) is 10.7. The third-order valence-electron chi connectivity index (χ3n) is 2.70. The van der Waals surface area contributed by atoms with Crippen molar-refractivity contribution in [3.8, 4) is 11.5 Å². The van der Waals surface area contributed by atoms with Gasteiger partial charge in [-0.3, -0.25) is 4.98 Å². The van der Waals surface area contributed by atoms with Gasteiger partial charge in [0.05, 0.1) is 11.0 Å². The summed E-state index contributed by atoms with van der Waals surface area (Å²) in [5.41, 5.74) is 3.40. The first-order chi connectivity index (χ1) is 8.86. The van der Waals surface area contributed by atoms with E-state index in [9.17, 15) is 4.91 Å². The van der Waals surface area contributed by atoms with Crippen molar-refractivity contribution < 1.29 is 0 Å². The lowest BCUT2D eigenvalue weighted by Crippen LogP contribution is -1.83. The molecule has 0 radical (unpaired) electrons. The fourth-order valence-electron chi connectivity index (χ4n) is 1.85. The Morgan fingerprint density at radius 2 is 2.17 bits per heavy atom. The van der Waals surface area contributed by atoms with Crippen molar-refractivity contribution >= 4 is 11.0 Å². The molecule has 0 saturated carbocycles. The van der Waals surface area contributed by atoms with Crippen LogP contribution in [0.15, 0.2) is 47.8 Å². The van der Waals surface area contributed by atoms with Gasteiger partial charge in [0.2, 0.25) is 0 Å². The van der Waals surface area contributed by atoms with Crippen LogP contribution in [0.1, 0.15) is 5.56 Å². The highest BCUT2D eigenvalue weighted by Gasteiger charge is 2.06. The molecule has 3 aromatic rings. The van der Waals surface area contributed by atoms with Crippen molar-refractivity contribution in [2.75, 3.05) is 0 Å². The van der Waals surface area contributed by atoms with Gasteiger partial charge in [0.15, 0.2) is 5.82 Å². The van der Waals surface area contributed by atoms with Crippen LogP contribution in [0.25, 0.3) is 22.6 Å². The monoisotopic (exact) mass is 238 g/mol. The molecule has 0 saturated heterocycles. The second-order valence-electron chi connectivity index (χ2n) is 3.94.